The van der Waals surface area contributed by atoms with Crippen LogP contribution in [0.5, 0.6) is 0 Å². The van der Waals surface area contributed by atoms with Gasteiger partial charge in [-0.3, -0.25) is 4.90 Å². The van der Waals surface area contributed by atoms with E-state index in [4.69, 9.17) is 5.11 Å². The number of thiophene rings is 1. The fourth-order valence-electron chi connectivity index (χ4n) is 1.90. The first-order valence-electron chi connectivity index (χ1n) is 5.79. The van der Waals surface area contributed by atoms with Gasteiger partial charge in [-0.05, 0) is 38.1 Å². The van der Waals surface area contributed by atoms with Gasteiger partial charge in [-0.25, -0.2) is 0 Å². The van der Waals surface area contributed by atoms with E-state index in [9.17, 15) is 0 Å². The van der Waals surface area contributed by atoms with Crippen molar-refractivity contribution in [2.45, 2.75) is 25.8 Å². The summed E-state index contributed by atoms with van der Waals surface area (Å²) in [6.45, 7) is 3.71. The first-order valence-corrected chi connectivity index (χ1v) is 6.61. The van der Waals surface area contributed by atoms with Crippen molar-refractivity contribution in [3.63, 3.8) is 0 Å². The highest BCUT2D eigenvalue weighted by molar-refractivity contribution is 7.12. The number of nitrogens with zero attached hydrogens (tertiary/aromatic N) is 1. The Morgan fingerprint density at radius 2 is 2.12 bits per heavy atom. The van der Waals surface area contributed by atoms with Crippen LogP contribution in [-0.2, 0) is 6.54 Å². The molecule has 0 saturated carbocycles. The molecule has 0 aromatic carbocycles. The summed E-state index contributed by atoms with van der Waals surface area (Å²) in [6, 6.07) is 4.26. The Bertz CT molecular complexity index is 382. The molecule has 1 N–H and O–H groups in total. The topological polar surface area (TPSA) is 23.5 Å². The second-order valence-corrected chi connectivity index (χ2v) is 5.19. The van der Waals surface area contributed by atoms with Crippen molar-refractivity contribution in [3.8, 4) is 11.8 Å². The number of rotatable bonds is 3. The fraction of sp³-hybridized carbons (Fsp3) is 0.538. The standard InChI is InChI=1S/C13H17NOS/c15-10-4-1-5-12-6-7-13(16-12)11-14-8-2-3-9-14/h6-7,15H,2-4,8-11H2. The minimum absolute atomic E-state index is 0.152. The SMILES string of the molecule is OCCC#Cc1ccc(CN2CCCC2)s1. The summed E-state index contributed by atoms with van der Waals surface area (Å²) in [7, 11) is 0. The van der Waals surface area contributed by atoms with Gasteiger partial charge in [-0.2, -0.15) is 0 Å². The Morgan fingerprint density at radius 1 is 1.31 bits per heavy atom. The van der Waals surface area contributed by atoms with Gasteiger partial charge in [0.2, 0.25) is 0 Å². The molecule has 1 aliphatic rings. The summed E-state index contributed by atoms with van der Waals surface area (Å²) in [5, 5.41) is 8.63. The van der Waals surface area contributed by atoms with Crippen LogP contribution in [0.4, 0.5) is 0 Å². The third kappa shape index (κ3) is 3.34. The zero-order chi connectivity index (χ0) is 11.2. The second kappa shape index (κ2) is 6.05. The zero-order valence-electron chi connectivity index (χ0n) is 9.41. The van der Waals surface area contributed by atoms with Gasteiger partial charge in [-0.1, -0.05) is 11.8 Å². The number of hydrogen-bond acceptors (Lipinski definition) is 3. The quantitative estimate of drug-likeness (QED) is 0.811. The van der Waals surface area contributed by atoms with Gasteiger partial charge in [0.1, 0.15) is 0 Å². The monoisotopic (exact) mass is 235 g/mol. The maximum atomic E-state index is 8.63. The molecule has 1 aliphatic heterocycles. The molecule has 0 atom stereocenters. The van der Waals surface area contributed by atoms with Crippen LogP contribution < -0.4 is 0 Å². The molecular formula is C13H17NOS. The van der Waals surface area contributed by atoms with Crippen molar-refractivity contribution in [3.05, 3.63) is 21.9 Å². The normalized spacial score (nSPS) is 16.1. The van der Waals surface area contributed by atoms with Crippen LogP contribution in [0.1, 0.15) is 29.0 Å². The van der Waals surface area contributed by atoms with Gasteiger partial charge in [0, 0.05) is 17.8 Å². The third-order valence-electron chi connectivity index (χ3n) is 2.69. The Kier molecular flexibility index (Phi) is 4.41. The molecule has 16 heavy (non-hydrogen) atoms. The first kappa shape index (κ1) is 11.7. The van der Waals surface area contributed by atoms with Gasteiger partial charge < -0.3 is 5.11 Å². The summed E-state index contributed by atoms with van der Waals surface area (Å²) in [6.07, 6.45) is 3.25. The average Bonchev–Trinajstić information content (AvgIpc) is 2.91. The second-order valence-electron chi connectivity index (χ2n) is 4.02. The van der Waals surface area contributed by atoms with Crippen LogP contribution in [0.3, 0.4) is 0 Å². The van der Waals surface area contributed by atoms with Crippen LogP contribution in [-0.4, -0.2) is 29.7 Å². The molecule has 1 aromatic heterocycles. The lowest BCUT2D eigenvalue weighted by molar-refractivity contribution is 0.305. The lowest BCUT2D eigenvalue weighted by Gasteiger charge is -2.12. The van der Waals surface area contributed by atoms with Crippen LogP contribution in [0.15, 0.2) is 12.1 Å². The van der Waals surface area contributed by atoms with Crippen molar-refractivity contribution in [1.29, 1.82) is 0 Å². The predicted octanol–water partition coefficient (Wildman–Crippen LogP) is 2.08. The molecule has 0 amide bonds. The molecular weight excluding hydrogens is 218 g/mol. The van der Waals surface area contributed by atoms with Crippen LogP contribution in [0, 0.1) is 11.8 Å². The van der Waals surface area contributed by atoms with Gasteiger partial charge in [0.15, 0.2) is 0 Å². The van der Waals surface area contributed by atoms with Gasteiger partial charge in [-0.15, -0.1) is 11.3 Å². The van der Waals surface area contributed by atoms with E-state index in [1.54, 1.807) is 11.3 Å². The minimum atomic E-state index is 0.152. The highest BCUT2D eigenvalue weighted by Crippen LogP contribution is 2.19. The third-order valence-corrected chi connectivity index (χ3v) is 3.67. The molecule has 1 aromatic rings. The lowest BCUT2D eigenvalue weighted by Crippen LogP contribution is -2.17. The van der Waals surface area contributed by atoms with E-state index in [-0.39, 0.29) is 6.61 Å². The molecule has 1 fully saturated rings. The van der Waals surface area contributed by atoms with Crippen LogP contribution >= 0.6 is 11.3 Å². The highest BCUT2D eigenvalue weighted by atomic mass is 32.1. The van der Waals surface area contributed by atoms with E-state index >= 15 is 0 Å². The summed E-state index contributed by atoms with van der Waals surface area (Å²) in [5.41, 5.74) is 0. The molecule has 2 heterocycles. The van der Waals surface area contributed by atoms with Crippen LogP contribution in [0.2, 0.25) is 0 Å². The Labute approximate surface area is 101 Å². The molecule has 1 saturated heterocycles. The molecule has 0 aliphatic carbocycles. The van der Waals surface area contributed by atoms with Crippen molar-refractivity contribution in [2.24, 2.45) is 0 Å². The summed E-state index contributed by atoms with van der Waals surface area (Å²) >= 11 is 1.77. The number of aliphatic hydroxyl groups excluding tert-OH is 1. The maximum absolute atomic E-state index is 8.63. The predicted molar refractivity (Wildman–Crippen MR) is 67.4 cm³/mol. The Morgan fingerprint density at radius 3 is 2.88 bits per heavy atom. The van der Waals surface area contributed by atoms with E-state index in [0.717, 1.165) is 11.4 Å². The maximum Gasteiger partial charge on any atom is 0.0771 e. The van der Waals surface area contributed by atoms with Crippen LogP contribution in [0.25, 0.3) is 0 Å². The number of hydrogen-bond donors (Lipinski definition) is 1. The fourth-order valence-corrected chi connectivity index (χ4v) is 2.82. The first-order chi connectivity index (χ1) is 7.88. The van der Waals surface area contributed by atoms with E-state index < -0.39 is 0 Å². The van der Waals surface area contributed by atoms with Crippen molar-refractivity contribution < 1.29 is 5.11 Å². The molecule has 2 rings (SSSR count). The van der Waals surface area contributed by atoms with Gasteiger partial charge in [0.25, 0.3) is 0 Å². The summed E-state index contributed by atoms with van der Waals surface area (Å²) in [5.74, 6) is 6.04. The smallest absolute Gasteiger partial charge is 0.0771 e. The Hall–Kier alpha value is -0.820. The van der Waals surface area contributed by atoms with Crippen molar-refractivity contribution in [2.75, 3.05) is 19.7 Å². The summed E-state index contributed by atoms with van der Waals surface area (Å²) in [4.78, 5) is 5.01. The largest absolute Gasteiger partial charge is 0.395 e. The van der Waals surface area contributed by atoms with E-state index in [2.05, 4.69) is 28.9 Å². The number of likely N-dealkylation sites (tertiary alicyclic amines) is 1. The average molecular weight is 235 g/mol. The summed E-state index contributed by atoms with van der Waals surface area (Å²) < 4.78 is 0. The minimum Gasteiger partial charge on any atom is -0.395 e. The molecule has 2 nitrogen and oxygen atoms in total. The molecule has 0 bridgehead atoms. The molecule has 0 radical (unpaired) electrons. The number of aliphatic hydroxyl groups is 1. The molecule has 0 spiro atoms. The lowest BCUT2D eigenvalue weighted by atomic mass is 10.4. The van der Waals surface area contributed by atoms with Gasteiger partial charge >= 0.3 is 0 Å². The van der Waals surface area contributed by atoms with E-state index in [1.165, 1.54) is 30.8 Å². The van der Waals surface area contributed by atoms with E-state index in [0.29, 0.717) is 6.42 Å². The molecule has 3 heteroatoms. The molecule has 0 unspecified atom stereocenters. The highest BCUT2D eigenvalue weighted by Gasteiger charge is 2.12. The van der Waals surface area contributed by atoms with Gasteiger partial charge in [0.05, 0.1) is 11.5 Å². The van der Waals surface area contributed by atoms with Crippen molar-refractivity contribution in [1.82, 2.24) is 4.90 Å². The van der Waals surface area contributed by atoms with Crippen molar-refractivity contribution >= 4 is 11.3 Å². The molecule has 86 valence electrons. The Balaban J connectivity index is 1.89. The van der Waals surface area contributed by atoms with E-state index in [1.807, 2.05) is 0 Å². The zero-order valence-corrected chi connectivity index (χ0v) is 10.2.